The molecule has 1 N–H and O–H groups in total. The van der Waals surface area contributed by atoms with E-state index in [1.54, 1.807) is 0 Å². The first kappa shape index (κ1) is 15.1. The van der Waals surface area contributed by atoms with Crippen molar-refractivity contribution in [1.82, 2.24) is 5.32 Å². The van der Waals surface area contributed by atoms with Crippen LogP contribution in [-0.2, 0) is 14.6 Å². The molecule has 6 heteroatoms. The fourth-order valence-corrected chi connectivity index (χ4v) is 5.25. The lowest BCUT2D eigenvalue weighted by molar-refractivity contribution is -0.121. The van der Waals surface area contributed by atoms with Crippen molar-refractivity contribution in [2.24, 2.45) is 5.92 Å². The van der Waals surface area contributed by atoms with Crippen LogP contribution in [0.5, 0.6) is 0 Å². The molecule has 19 heavy (non-hydrogen) atoms. The molecule has 1 heterocycles. The minimum absolute atomic E-state index is 0.151. The third-order valence-corrected chi connectivity index (χ3v) is 6.73. The Morgan fingerprint density at radius 2 is 1.95 bits per heavy atom. The molecule has 2 rings (SSSR count). The highest BCUT2D eigenvalue weighted by atomic mass is 35.5. The largest absolute Gasteiger partial charge is 0.355 e. The second-order valence-corrected chi connectivity index (χ2v) is 8.65. The summed E-state index contributed by atoms with van der Waals surface area (Å²) < 4.78 is 23.7. The number of rotatable bonds is 3. The number of carbonyl (C=O) groups is 1. The molecule has 0 radical (unpaired) electrons. The van der Waals surface area contributed by atoms with Crippen LogP contribution < -0.4 is 5.32 Å². The lowest BCUT2D eigenvalue weighted by Gasteiger charge is -2.27. The molecular weight excluding hydrogens is 286 g/mol. The lowest BCUT2D eigenvalue weighted by atomic mass is 9.89. The Bertz CT molecular complexity index is 424. The van der Waals surface area contributed by atoms with Gasteiger partial charge in [-0.05, 0) is 38.0 Å². The van der Waals surface area contributed by atoms with Gasteiger partial charge in [0, 0.05) is 11.9 Å². The summed E-state index contributed by atoms with van der Waals surface area (Å²) in [5.74, 6) is 0.237. The maximum Gasteiger partial charge on any atom is 0.238 e. The van der Waals surface area contributed by atoms with Gasteiger partial charge in [-0.25, -0.2) is 8.42 Å². The molecule has 2 aliphatic rings. The van der Waals surface area contributed by atoms with Crippen molar-refractivity contribution in [2.45, 2.75) is 55.6 Å². The molecule has 2 fully saturated rings. The molecule has 4 nitrogen and oxygen atoms in total. The minimum atomic E-state index is -3.22. The molecular formula is C13H22ClNO3S. The first-order valence-corrected chi connectivity index (χ1v) is 9.27. The van der Waals surface area contributed by atoms with Gasteiger partial charge in [-0.15, -0.1) is 11.6 Å². The Balaban J connectivity index is 1.83. The summed E-state index contributed by atoms with van der Waals surface area (Å²) in [4.78, 5) is 12.0. The number of nitrogens with one attached hydrogen (secondary N) is 1. The normalized spacial score (nSPS) is 34.7. The van der Waals surface area contributed by atoms with Crippen LogP contribution >= 0.6 is 11.6 Å². The molecule has 3 atom stereocenters. The van der Waals surface area contributed by atoms with Gasteiger partial charge in [0.2, 0.25) is 5.91 Å². The van der Waals surface area contributed by atoms with E-state index in [4.69, 9.17) is 11.6 Å². The van der Waals surface area contributed by atoms with Crippen LogP contribution in [-0.4, -0.2) is 37.2 Å². The fraction of sp³-hybridized carbons (Fsp3) is 0.923. The number of halogens is 1. The number of hydrogen-bond donors (Lipinski definition) is 1. The van der Waals surface area contributed by atoms with E-state index in [-0.39, 0.29) is 17.0 Å². The van der Waals surface area contributed by atoms with Gasteiger partial charge in [-0.3, -0.25) is 4.79 Å². The summed E-state index contributed by atoms with van der Waals surface area (Å²) in [6, 6.07) is 0. The highest BCUT2D eigenvalue weighted by Gasteiger charge is 2.35. The maximum absolute atomic E-state index is 12.0. The zero-order valence-corrected chi connectivity index (χ0v) is 12.7. The van der Waals surface area contributed by atoms with E-state index in [2.05, 4.69) is 5.32 Å². The Kier molecular flexibility index (Phi) is 5.12. The quantitative estimate of drug-likeness (QED) is 0.810. The Morgan fingerprint density at radius 3 is 2.63 bits per heavy atom. The van der Waals surface area contributed by atoms with Gasteiger partial charge in [-0.1, -0.05) is 12.8 Å². The SMILES string of the molecule is O=C(NCC1CCCC(Cl)C1)C1CCCCS1(=O)=O. The topological polar surface area (TPSA) is 63.2 Å². The van der Waals surface area contributed by atoms with Gasteiger partial charge < -0.3 is 5.32 Å². The predicted molar refractivity (Wildman–Crippen MR) is 76.0 cm³/mol. The number of amides is 1. The summed E-state index contributed by atoms with van der Waals surface area (Å²) in [7, 11) is -3.22. The second-order valence-electron chi connectivity index (χ2n) is 5.73. The van der Waals surface area contributed by atoms with Gasteiger partial charge >= 0.3 is 0 Å². The van der Waals surface area contributed by atoms with Crippen molar-refractivity contribution in [3.05, 3.63) is 0 Å². The molecule has 0 aromatic rings. The smallest absolute Gasteiger partial charge is 0.238 e. The van der Waals surface area contributed by atoms with Crippen molar-refractivity contribution >= 4 is 27.3 Å². The third kappa shape index (κ3) is 4.09. The van der Waals surface area contributed by atoms with E-state index in [1.165, 1.54) is 0 Å². The molecule has 0 bridgehead atoms. The summed E-state index contributed by atoms with van der Waals surface area (Å²) >= 11 is 6.11. The molecule has 1 saturated heterocycles. The summed E-state index contributed by atoms with van der Waals surface area (Å²) in [5, 5.41) is 2.20. The average Bonchev–Trinajstić information content (AvgIpc) is 2.35. The maximum atomic E-state index is 12.0. The van der Waals surface area contributed by atoms with Gasteiger partial charge in [-0.2, -0.15) is 0 Å². The number of alkyl halides is 1. The van der Waals surface area contributed by atoms with Crippen LogP contribution in [0.1, 0.15) is 44.9 Å². The van der Waals surface area contributed by atoms with Crippen LogP contribution in [0.4, 0.5) is 0 Å². The number of sulfone groups is 1. The van der Waals surface area contributed by atoms with Crippen LogP contribution in [0.15, 0.2) is 0 Å². The highest BCUT2D eigenvalue weighted by Crippen LogP contribution is 2.27. The molecule has 110 valence electrons. The monoisotopic (exact) mass is 307 g/mol. The number of hydrogen-bond acceptors (Lipinski definition) is 3. The van der Waals surface area contributed by atoms with Gasteiger partial charge in [0.1, 0.15) is 5.25 Å². The van der Waals surface area contributed by atoms with Crippen LogP contribution in [0.25, 0.3) is 0 Å². The van der Waals surface area contributed by atoms with E-state index >= 15 is 0 Å². The Labute approximate surface area is 120 Å². The van der Waals surface area contributed by atoms with E-state index in [9.17, 15) is 13.2 Å². The molecule has 0 aromatic carbocycles. The zero-order valence-electron chi connectivity index (χ0n) is 11.1. The molecule has 1 aliphatic heterocycles. The molecule has 1 aliphatic carbocycles. The summed E-state index contributed by atoms with van der Waals surface area (Å²) in [6.07, 6.45) is 6.10. The van der Waals surface area contributed by atoms with E-state index < -0.39 is 15.1 Å². The van der Waals surface area contributed by atoms with Crippen molar-refractivity contribution in [3.8, 4) is 0 Å². The minimum Gasteiger partial charge on any atom is -0.355 e. The molecule has 0 aromatic heterocycles. The molecule has 3 unspecified atom stereocenters. The lowest BCUT2D eigenvalue weighted by Crippen LogP contribution is -2.44. The van der Waals surface area contributed by atoms with Crippen LogP contribution in [0.3, 0.4) is 0 Å². The standard InChI is InChI=1S/C13H22ClNO3S/c14-11-5-3-4-10(8-11)9-15-13(16)12-6-1-2-7-19(12,17)18/h10-12H,1-9H2,(H,15,16). The van der Waals surface area contributed by atoms with Gasteiger partial charge in [0.05, 0.1) is 5.75 Å². The van der Waals surface area contributed by atoms with E-state index in [1.807, 2.05) is 0 Å². The zero-order chi connectivity index (χ0) is 13.9. The fourth-order valence-electron chi connectivity index (χ4n) is 3.02. The van der Waals surface area contributed by atoms with Crippen molar-refractivity contribution < 1.29 is 13.2 Å². The average molecular weight is 308 g/mol. The predicted octanol–water partition coefficient (Wildman–Crippen LogP) is 1.87. The van der Waals surface area contributed by atoms with Gasteiger partial charge in [0.25, 0.3) is 0 Å². The summed E-state index contributed by atoms with van der Waals surface area (Å²) in [5.41, 5.74) is 0. The van der Waals surface area contributed by atoms with Crippen LogP contribution in [0, 0.1) is 5.92 Å². The first-order chi connectivity index (χ1) is 8.99. The molecule has 0 spiro atoms. The highest BCUT2D eigenvalue weighted by molar-refractivity contribution is 7.92. The van der Waals surface area contributed by atoms with Crippen LogP contribution in [0.2, 0.25) is 0 Å². The van der Waals surface area contributed by atoms with Crippen molar-refractivity contribution in [2.75, 3.05) is 12.3 Å². The summed E-state index contributed by atoms with van der Waals surface area (Å²) in [6.45, 7) is 0.564. The Morgan fingerprint density at radius 1 is 1.16 bits per heavy atom. The van der Waals surface area contributed by atoms with Gasteiger partial charge in [0.15, 0.2) is 9.84 Å². The molecule has 1 saturated carbocycles. The van der Waals surface area contributed by atoms with Crippen molar-refractivity contribution in [3.63, 3.8) is 0 Å². The molecule has 1 amide bonds. The van der Waals surface area contributed by atoms with E-state index in [0.717, 1.165) is 32.1 Å². The first-order valence-electron chi connectivity index (χ1n) is 7.12. The third-order valence-electron chi connectivity index (χ3n) is 4.15. The Hall–Kier alpha value is -0.290. The number of carbonyl (C=O) groups excluding carboxylic acids is 1. The van der Waals surface area contributed by atoms with Crippen molar-refractivity contribution in [1.29, 1.82) is 0 Å². The second kappa shape index (κ2) is 6.44. The van der Waals surface area contributed by atoms with E-state index in [0.29, 0.717) is 25.3 Å².